The average Bonchev–Trinajstić information content (AvgIpc) is 2.32. The highest BCUT2D eigenvalue weighted by Gasteiger charge is 2.27. The quantitative estimate of drug-likeness (QED) is 0.614. The Hall–Kier alpha value is 0.260. The Bertz CT molecular complexity index is 285. The van der Waals surface area contributed by atoms with E-state index in [0.29, 0.717) is 37.4 Å². The Labute approximate surface area is 124 Å². The highest BCUT2D eigenvalue weighted by atomic mass is 32.9. The molecule has 1 unspecified atom stereocenters. The third kappa shape index (κ3) is 8.20. The van der Waals surface area contributed by atoms with Crippen molar-refractivity contribution in [3.63, 3.8) is 0 Å². The van der Waals surface area contributed by atoms with Crippen LogP contribution in [0.3, 0.4) is 0 Å². The largest absolute Gasteiger partial charge is 0.481 e. The lowest BCUT2D eigenvalue weighted by Gasteiger charge is -2.40. The van der Waals surface area contributed by atoms with Crippen molar-refractivity contribution in [3.8, 4) is 0 Å². The molecule has 0 aromatic rings. The summed E-state index contributed by atoms with van der Waals surface area (Å²) in [4.78, 5) is 11.0. The summed E-state index contributed by atoms with van der Waals surface area (Å²) in [5.74, 6) is -0.258. The number of aliphatic carboxylic acids is 1. The van der Waals surface area contributed by atoms with Gasteiger partial charge in [0.1, 0.15) is 6.56 Å². The molecule has 0 aromatic carbocycles. The monoisotopic (exact) mass is 328 g/mol. The van der Waals surface area contributed by atoms with Crippen LogP contribution in [0.15, 0.2) is 0 Å². The van der Waals surface area contributed by atoms with Gasteiger partial charge in [-0.25, -0.2) is 0 Å². The molecule has 0 saturated carbocycles. The summed E-state index contributed by atoms with van der Waals surface area (Å²) in [7, 11) is -1.96. The predicted molar refractivity (Wildman–Crippen MR) is 85.1 cm³/mol. The number of hydrogen-bond acceptors (Lipinski definition) is 4. The molecule has 0 spiro atoms. The zero-order valence-electron chi connectivity index (χ0n) is 12.3. The second-order valence-electron chi connectivity index (χ2n) is 5.42. The van der Waals surface area contributed by atoms with Gasteiger partial charge in [-0.3, -0.25) is 13.2 Å². The summed E-state index contributed by atoms with van der Waals surface area (Å²) in [6, 6.07) is 0. The molecule has 0 amide bonds. The van der Waals surface area contributed by atoms with E-state index in [1.165, 1.54) is 0 Å². The summed E-state index contributed by atoms with van der Waals surface area (Å²) >= 11 is 5.16. The fraction of sp³-hybridized carbons (Fsp3) is 0.917. The molecule has 4 nitrogen and oxygen atoms in total. The van der Waals surface area contributed by atoms with Gasteiger partial charge in [0.2, 0.25) is 0 Å². The normalized spacial score (nSPS) is 15.1. The number of carbonyl (C=O) groups is 1. The minimum Gasteiger partial charge on any atom is -0.481 e. The van der Waals surface area contributed by atoms with Crippen LogP contribution in [-0.2, 0) is 25.0 Å². The maximum Gasteiger partial charge on any atom is 0.307 e. The Morgan fingerprint density at radius 3 is 1.84 bits per heavy atom. The molecular weight excluding hydrogens is 303 g/mol. The predicted octanol–water partition coefficient (Wildman–Crippen LogP) is 4.01. The van der Waals surface area contributed by atoms with Crippen molar-refractivity contribution >= 4 is 34.5 Å². The van der Waals surface area contributed by atoms with Crippen molar-refractivity contribution in [2.24, 2.45) is 17.8 Å². The van der Waals surface area contributed by atoms with Gasteiger partial charge in [-0.15, -0.1) is 10.2 Å². The zero-order valence-corrected chi connectivity index (χ0v) is 14.8. The third-order valence-corrected chi connectivity index (χ3v) is 8.13. The summed E-state index contributed by atoms with van der Waals surface area (Å²) in [5, 5.41) is 9.06. The van der Waals surface area contributed by atoms with Crippen molar-refractivity contribution in [3.05, 3.63) is 0 Å². The number of hydrogen-bond donors (Lipinski definition) is 1. The van der Waals surface area contributed by atoms with Gasteiger partial charge >= 0.3 is 5.97 Å². The average molecular weight is 328 g/mol. The summed E-state index contributed by atoms with van der Waals surface area (Å²) in [5.41, 5.74) is 0. The molecule has 0 aromatic heterocycles. The van der Waals surface area contributed by atoms with E-state index in [9.17, 15) is 4.79 Å². The molecule has 0 aliphatic carbocycles. The SMILES string of the molecule is CC(C)COS(CC(C)C(=O)O)(OCC(C)C)P=S. The minimum atomic E-state index is -1.96. The fourth-order valence-electron chi connectivity index (χ4n) is 1.08. The van der Waals surface area contributed by atoms with Crippen molar-refractivity contribution in [1.29, 1.82) is 0 Å². The van der Waals surface area contributed by atoms with Crippen LogP contribution in [0, 0.1) is 17.8 Å². The molecule has 7 heteroatoms. The van der Waals surface area contributed by atoms with Gasteiger partial charge in [0.25, 0.3) is 0 Å². The van der Waals surface area contributed by atoms with Gasteiger partial charge in [0, 0.05) is 0 Å². The van der Waals surface area contributed by atoms with Crippen molar-refractivity contribution < 1.29 is 18.3 Å². The van der Waals surface area contributed by atoms with Crippen LogP contribution in [0.5, 0.6) is 0 Å². The van der Waals surface area contributed by atoms with E-state index in [1.807, 2.05) is 27.7 Å². The van der Waals surface area contributed by atoms with E-state index in [-0.39, 0.29) is 0 Å². The first-order valence-electron chi connectivity index (χ1n) is 6.39. The first-order valence-corrected chi connectivity index (χ1v) is 10.6. The molecule has 0 bridgehead atoms. The Balaban J connectivity index is 4.82. The van der Waals surface area contributed by atoms with Crippen LogP contribution in [0.4, 0.5) is 0 Å². The fourth-order valence-corrected chi connectivity index (χ4v) is 6.03. The highest BCUT2D eigenvalue weighted by molar-refractivity contribution is 8.73. The lowest BCUT2D eigenvalue weighted by molar-refractivity contribution is -0.140. The second-order valence-corrected chi connectivity index (χ2v) is 11.0. The van der Waals surface area contributed by atoms with Crippen LogP contribution in [0.2, 0.25) is 0 Å². The molecule has 0 fully saturated rings. The van der Waals surface area contributed by atoms with E-state index in [1.54, 1.807) is 6.92 Å². The maximum atomic E-state index is 11.0. The topological polar surface area (TPSA) is 55.8 Å². The summed E-state index contributed by atoms with van der Waals surface area (Å²) < 4.78 is 11.8. The van der Waals surface area contributed by atoms with Crippen LogP contribution >= 0.6 is 16.8 Å². The third-order valence-electron chi connectivity index (χ3n) is 2.17. The Morgan fingerprint density at radius 1 is 1.16 bits per heavy atom. The van der Waals surface area contributed by atoms with Gasteiger partial charge in [-0.05, 0) is 23.6 Å². The van der Waals surface area contributed by atoms with E-state index >= 15 is 0 Å². The Morgan fingerprint density at radius 2 is 1.58 bits per heavy atom. The molecule has 0 radical (unpaired) electrons. The summed E-state index contributed by atoms with van der Waals surface area (Å²) in [6.45, 7) is 11.5. The molecule has 0 aliphatic rings. The molecule has 1 atom stereocenters. The lowest BCUT2D eigenvalue weighted by Crippen LogP contribution is -2.21. The van der Waals surface area contributed by atoms with Crippen molar-refractivity contribution in [2.45, 2.75) is 34.6 Å². The number of carboxylic acid groups (broad SMARTS) is 1. The molecule has 1 N–H and O–H groups in total. The molecule has 0 heterocycles. The van der Waals surface area contributed by atoms with E-state index in [0.717, 1.165) is 0 Å². The maximum absolute atomic E-state index is 11.0. The summed E-state index contributed by atoms with van der Waals surface area (Å²) in [6.07, 6.45) is 0. The molecular formula is C12H25O4PS2. The standard InChI is InChI=1S/C12H25O4PS2/c1-9(2)6-15-19(17-18,16-7-10(3)4)8-11(5)12(13)14/h9-11H,6-8H2,1-5H3,(H,13,14). The smallest absolute Gasteiger partial charge is 0.307 e. The number of carboxylic acids is 1. The van der Waals surface area contributed by atoms with Crippen LogP contribution in [-0.4, -0.2) is 30.0 Å². The lowest BCUT2D eigenvalue weighted by atomic mass is 10.2. The number of rotatable bonds is 10. The van der Waals surface area contributed by atoms with E-state index in [2.05, 4.69) is 0 Å². The second kappa shape index (κ2) is 9.24. The molecule has 0 rings (SSSR count). The van der Waals surface area contributed by atoms with Gasteiger partial charge < -0.3 is 5.11 Å². The van der Waals surface area contributed by atoms with Crippen molar-refractivity contribution in [1.82, 2.24) is 0 Å². The molecule has 114 valence electrons. The van der Waals surface area contributed by atoms with Crippen molar-refractivity contribution in [2.75, 3.05) is 19.0 Å². The van der Waals surface area contributed by atoms with Crippen LogP contribution in [0.25, 0.3) is 0 Å². The van der Waals surface area contributed by atoms with Gasteiger partial charge in [-0.1, -0.05) is 34.6 Å². The van der Waals surface area contributed by atoms with Crippen LogP contribution < -0.4 is 0 Å². The van der Waals surface area contributed by atoms with Crippen LogP contribution in [0.1, 0.15) is 34.6 Å². The minimum absolute atomic E-state index is 0.354. The van der Waals surface area contributed by atoms with Gasteiger partial charge in [-0.2, -0.15) is 0 Å². The van der Waals surface area contributed by atoms with E-state index in [4.69, 9.17) is 25.3 Å². The Kier molecular flexibility index (Phi) is 9.37. The molecule has 19 heavy (non-hydrogen) atoms. The highest BCUT2D eigenvalue weighted by Crippen LogP contribution is 2.62. The van der Waals surface area contributed by atoms with Gasteiger partial charge in [0.15, 0.2) is 0 Å². The van der Waals surface area contributed by atoms with Gasteiger partial charge in [0.05, 0.1) is 24.9 Å². The first kappa shape index (κ1) is 19.3. The molecule has 0 aliphatic heterocycles. The van der Waals surface area contributed by atoms with E-state index < -0.39 is 22.1 Å². The zero-order chi connectivity index (χ0) is 15.1. The molecule has 0 saturated heterocycles. The first-order chi connectivity index (χ1) is 8.72.